The largest absolute Gasteiger partial charge is 0.368 e. The van der Waals surface area contributed by atoms with Crippen molar-refractivity contribution >= 4 is 11.6 Å². The van der Waals surface area contributed by atoms with E-state index in [-0.39, 0.29) is 11.7 Å². The molecule has 0 aromatic rings. The van der Waals surface area contributed by atoms with Crippen molar-refractivity contribution in [2.75, 3.05) is 40.9 Å². The Morgan fingerprint density at radius 1 is 0.850 bits per heavy atom. The molecule has 0 aliphatic rings. The molecule has 0 heterocycles. The third-order valence-electron chi connectivity index (χ3n) is 3.12. The van der Waals surface area contributed by atoms with Crippen molar-refractivity contribution in [1.29, 1.82) is 0 Å². The molecule has 122 valence electrons. The molecule has 0 saturated carbocycles. The molecule has 0 aliphatic carbocycles. The van der Waals surface area contributed by atoms with Crippen LogP contribution in [-0.2, 0) is 9.47 Å². The lowest BCUT2D eigenvalue weighted by molar-refractivity contribution is -0.874. The second-order valence-corrected chi connectivity index (χ2v) is 6.95. The zero-order chi connectivity index (χ0) is 15.4. The quantitative estimate of drug-likeness (QED) is 0.290. The molecule has 0 N–H and O–H groups in total. The van der Waals surface area contributed by atoms with Gasteiger partial charge in [-0.15, -0.1) is 0 Å². The Kier molecular flexibility index (Phi) is 11.9. The van der Waals surface area contributed by atoms with Crippen LogP contribution in [0.2, 0.25) is 0 Å². The van der Waals surface area contributed by atoms with E-state index in [0.717, 1.165) is 37.1 Å². The molecule has 0 saturated heterocycles. The minimum atomic E-state index is -0.342. The maximum atomic E-state index is 6.39. The Labute approximate surface area is 131 Å². The number of ether oxygens (including phenoxy) is 2. The lowest BCUT2D eigenvalue weighted by atomic mass is 10.2. The van der Waals surface area contributed by atoms with Crippen LogP contribution in [-0.4, -0.2) is 57.1 Å². The summed E-state index contributed by atoms with van der Waals surface area (Å²) >= 11 is 6.39. The normalized spacial score (nSPS) is 15.3. The van der Waals surface area contributed by atoms with Crippen LogP contribution in [0.15, 0.2) is 0 Å². The van der Waals surface area contributed by atoms with Crippen LogP contribution in [0.1, 0.15) is 52.4 Å². The summed E-state index contributed by atoms with van der Waals surface area (Å²) in [5.41, 5.74) is -0.342. The Bertz CT molecular complexity index is 219. The Balaban J connectivity index is 4.13. The van der Waals surface area contributed by atoms with Gasteiger partial charge in [0, 0.05) is 13.2 Å². The summed E-state index contributed by atoms with van der Waals surface area (Å²) in [7, 11) is 6.47. The van der Waals surface area contributed by atoms with Crippen LogP contribution >= 0.6 is 11.6 Å². The Morgan fingerprint density at radius 3 is 1.80 bits per heavy atom. The molecule has 2 atom stereocenters. The SMILES string of the molecule is CCCCCOC(Cl)C(C[N+](C)(C)C)OCCCCC. The van der Waals surface area contributed by atoms with Crippen molar-refractivity contribution in [3.05, 3.63) is 0 Å². The molecule has 3 nitrogen and oxygen atoms in total. The smallest absolute Gasteiger partial charge is 0.162 e. The van der Waals surface area contributed by atoms with Gasteiger partial charge in [-0.3, -0.25) is 0 Å². The average molecular weight is 309 g/mol. The van der Waals surface area contributed by atoms with Gasteiger partial charge in [0.1, 0.15) is 12.6 Å². The zero-order valence-electron chi connectivity index (χ0n) is 14.2. The Morgan fingerprint density at radius 2 is 1.35 bits per heavy atom. The van der Waals surface area contributed by atoms with Gasteiger partial charge in [0.25, 0.3) is 0 Å². The van der Waals surface area contributed by atoms with Gasteiger partial charge in [0.2, 0.25) is 0 Å². The lowest BCUT2D eigenvalue weighted by Gasteiger charge is -2.31. The highest BCUT2D eigenvalue weighted by atomic mass is 35.5. The maximum Gasteiger partial charge on any atom is 0.162 e. The predicted octanol–water partition coefficient (Wildman–Crippen LogP) is 4.04. The molecule has 0 aromatic carbocycles. The highest BCUT2D eigenvalue weighted by Gasteiger charge is 2.26. The van der Waals surface area contributed by atoms with Gasteiger partial charge in [-0.1, -0.05) is 51.1 Å². The molecule has 0 aliphatic heterocycles. The minimum absolute atomic E-state index is 0.0323. The first kappa shape index (κ1) is 20.2. The van der Waals surface area contributed by atoms with Gasteiger partial charge >= 0.3 is 0 Å². The fourth-order valence-electron chi connectivity index (χ4n) is 1.99. The van der Waals surface area contributed by atoms with E-state index in [1.54, 1.807) is 0 Å². The molecular weight excluding hydrogens is 274 g/mol. The number of alkyl halides is 1. The second kappa shape index (κ2) is 11.8. The molecule has 0 rings (SSSR count). The molecule has 2 unspecified atom stereocenters. The van der Waals surface area contributed by atoms with E-state index < -0.39 is 0 Å². The van der Waals surface area contributed by atoms with E-state index in [1.807, 2.05) is 0 Å². The van der Waals surface area contributed by atoms with E-state index in [4.69, 9.17) is 21.1 Å². The van der Waals surface area contributed by atoms with E-state index in [1.165, 1.54) is 25.7 Å². The summed E-state index contributed by atoms with van der Waals surface area (Å²) in [4.78, 5) is 0. The monoisotopic (exact) mass is 308 g/mol. The van der Waals surface area contributed by atoms with Crippen LogP contribution in [0.4, 0.5) is 0 Å². The molecule has 0 fully saturated rings. The zero-order valence-corrected chi connectivity index (χ0v) is 14.9. The van der Waals surface area contributed by atoms with Crippen molar-refractivity contribution in [1.82, 2.24) is 0 Å². The van der Waals surface area contributed by atoms with Crippen molar-refractivity contribution in [3.63, 3.8) is 0 Å². The van der Waals surface area contributed by atoms with Gasteiger partial charge in [-0.2, -0.15) is 0 Å². The van der Waals surface area contributed by atoms with Crippen LogP contribution in [0.5, 0.6) is 0 Å². The fourth-order valence-corrected chi connectivity index (χ4v) is 2.23. The third kappa shape index (κ3) is 12.0. The van der Waals surface area contributed by atoms with Crippen molar-refractivity contribution in [3.8, 4) is 0 Å². The maximum absolute atomic E-state index is 6.39. The highest BCUT2D eigenvalue weighted by molar-refractivity contribution is 6.20. The molecule has 20 heavy (non-hydrogen) atoms. The van der Waals surface area contributed by atoms with E-state index in [9.17, 15) is 0 Å². The summed E-state index contributed by atoms with van der Waals surface area (Å²) in [6, 6.07) is 0. The number of hydrogen-bond donors (Lipinski definition) is 0. The topological polar surface area (TPSA) is 18.5 Å². The number of unbranched alkanes of at least 4 members (excludes halogenated alkanes) is 4. The fraction of sp³-hybridized carbons (Fsp3) is 1.00. The van der Waals surface area contributed by atoms with E-state index in [0.29, 0.717) is 0 Å². The molecule has 0 aromatic heterocycles. The number of hydrogen-bond acceptors (Lipinski definition) is 2. The van der Waals surface area contributed by atoms with E-state index >= 15 is 0 Å². The first-order valence-corrected chi connectivity index (χ1v) is 8.52. The number of rotatable bonds is 13. The summed E-state index contributed by atoms with van der Waals surface area (Å²) in [6.45, 7) is 6.77. The highest BCUT2D eigenvalue weighted by Crippen LogP contribution is 2.14. The molecule has 0 amide bonds. The summed E-state index contributed by atoms with van der Waals surface area (Å²) in [5.74, 6) is 0. The Hall–Kier alpha value is 0.170. The summed E-state index contributed by atoms with van der Waals surface area (Å²) in [6.07, 6.45) is 6.96. The van der Waals surface area contributed by atoms with Crippen molar-refractivity contribution in [2.24, 2.45) is 0 Å². The van der Waals surface area contributed by atoms with E-state index in [2.05, 4.69) is 35.0 Å². The van der Waals surface area contributed by atoms with Gasteiger partial charge < -0.3 is 14.0 Å². The van der Waals surface area contributed by atoms with Crippen molar-refractivity contribution in [2.45, 2.75) is 64.0 Å². The lowest BCUT2D eigenvalue weighted by Crippen LogP contribution is -2.46. The second-order valence-electron chi connectivity index (χ2n) is 6.52. The number of quaternary nitrogens is 1. The summed E-state index contributed by atoms with van der Waals surface area (Å²) < 4.78 is 12.5. The molecule has 0 bridgehead atoms. The average Bonchev–Trinajstić information content (AvgIpc) is 2.36. The van der Waals surface area contributed by atoms with Gasteiger partial charge in [0.05, 0.1) is 21.1 Å². The first-order chi connectivity index (χ1) is 9.40. The number of nitrogens with zero attached hydrogens (tertiary/aromatic N) is 1. The third-order valence-corrected chi connectivity index (χ3v) is 3.53. The van der Waals surface area contributed by atoms with Crippen LogP contribution in [0.25, 0.3) is 0 Å². The molecular formula is C16H35ClNO2+. The first-order valence-electron chi connectivity index (χ1n) is 8.08. The van der Waals surface area contributed by atoms with Crippen LogP contribution in [0, 0.1) is 0 Å². The molecule has 0 radical (unpaired) electrons. The molecule has 0 spiro atoms. The minimum Gasteiger partial charge on any atom is -0.368 e. The summed E-state index contributed by atoms with van der Waals surface area (Å²) in [5, 5.41) is 0. The van der Waals surface area contributed by atoms with Crippen LogP contribution < -0.4 is 0 Å². The predicted molar refractivity (Wildman–Crippen MR) is 87.3 cm³/mol. The number of likely N-dealkylation sites (N-methyl/N-ethyl adjacent to an activating group) is 1. The number of halogens is 1. The van der Waals surface area contributed by atoms with Gasteiger partial charge in [-0.25, -0.2) is 0 Å². The molecule has 4 heteroatoms. The van der Waals surface area contributed by atoms with Crippen molar-refractivity contribution < 1.29 is 14.0 Å². The standard InChI is InChI=1S/C16H35ClNO2/c1-6-8-10-12-19-15(14-18(3,4)5)16(17)20-13-11-9-7-2/h15-16H,6-14H2,1-5H3/q+1. The van der Waals surface area contributed by atoms with Crippen LogP contribution in [0.3, 0.4) is 0 Å². The van der Waals surface area contributed by atoms with Gasteiger partial charge in [0.15, 0.2) is 5.56 Å². The van der Waals surface area contributed by atoms with Gasteiger partial charge in [-0.05, 0) is 12.8 Å².